The number of benzene rings is 1. The minimum Gasteiger partial charge on any atom is -0.481 e. The lowest BCUT2D eigenvalue weighted by molar-refractivity contribution is -0.141. The molecular weight excluding hydrogens is 330 g/mol. The second-order valence-electron chi connectivity index (χ2n) is 5.80. The zero-order valence-electron chi connectivity index (χ0n) is 13.3. The fourth-order valence-electron chi connectivity index (χ4n) is 2.54. The zero-order chi connectivity index (χ0) is 16.7. The number of hydrogen-bond donors (Lipinski definition) is 2. The van der Waals surface area contributed by atoms with Crippen LogP contribution in [-0.2, 0) is 16.0 Å². The topological polar surface area (TPSA) is 66.4 Å². The molecule has 1 saturated heterocycles. The van der Waals surface area contributed by atoms with Crippen molar-refractivity contribution in [1.29, 1.82) is 0 Å². The van der Waals surface area contributed by atoms with Crippen LogP contribution in [0, 0.1) is 12.8 Å². The fraction of sp³-hybridized carbons (Fsp3) is 0.529. The van der Waals surface area contributed by atoms with E-state index in [1.807, 2.05) is 54.7 Å². The summed E-state index contributed by atoms with van der Waals surface area (Å²) in [6.07, 6.45) is 0.916. The molecule has 1 aromatic carbocycles. The van der Waals surface area contributed by atoms with Crippen molar-refractivity contribution in [2.75, 3.05) is 23.8 Å². The molecular formula is C17H23NO3S2. The van der Waals surface area contributed by atoms with Crippen molar-refractivity contribution < 1.29 is 14.7 Å². The van der Waals surface area contributed by atoms with Crippen LogP contribution in [0.5, 0.6) is 0 Å². The highest BCUT2D eigenvalue weighted by Gasteiger charge is 2.21. The number of carbonyl (C=O) groups is 2. The van der Waals surface area contributed by atoms with Crippen molar-refractivity contribution in [2.24, 2.45) is 5.92 Å². The highest BCUT2D eigenvalue weighted by atomic mass is 32.2. The molecule has 0 saturated carbocycles. The molecule has 1 heterocycles. The number of carbonyl (C=O) groups excluding carboxylic acids is 1. The Kier molecular flexibility index (Phi) is 7.30. The summed E-state index contributed by atoms with van der Waals surface area (Å²) >= 11 is 3.72. The van der Waals surface area contributed by atoms with E-state index < -0.39 is 11.9 Å². The van der Waals surface area contributed by atoms with E-state index >= 15 is 0 Å². The molecule has 2 unspecified atom stereocenters. The Hall–Kier alpha value is -1.14. The van der Waals surface area contributed by atoms with Crippen LogP contribution in [0.3, 0.4) is 0 Å². The van der Waals surface area contributed by atoms with Gasteiger partial charge in [-0.25, -0.2) is 0 Å². The highest BCUT2D eigenvalue weighted by Crippen LogP contribution is 2.26. The second-order valence-corrected chi connectivity index (χ2v) is 8.36. The third-order valence-electron chi connectivity index (χ3n) is 3.76. The number of carboxylic acids is 1. The predicted molar refractivity (Wildman–Crippen MR) is 97.2 cm³/mol. The van der Waals surface area contributed by atoms with Crippen LogP contribution in [0.1, 0.15) is 17.5 Å². The molecule has 1 amide bonds. The van der Waals surface area contributed by atoms with Crippen molar-refractivity contribution in [3.05, 3.63) is 35.4 Å². The average molecular weight is 354 g/mol. The number of thioether (sulfide) groups is 2. The zero-order valence-corrected chi connectivity index (χ0v) is 14.9. The first-order valence-electron chi connectivity index (χ1n) is 7.79. The van der Waals surface area contributed by atoms with Gasteiger partial charge in [0, 0.05) is 35.5 Å². The number of nitrogens with one attached hydrogen (secondary N) is 1. The van der Waals surface area contributed by atoms with E-state index in [4.69, 9.17) is 0 Å². The van der Waals surface area contributed by atoms with Gasteiger partial charge >= 0.3 is 5.97 Å². The Labute approximate surface area is 145 Å². The molecule has 23 heavy (non-hydrogen) atoms. The van der Waals surface area contributed by atoms with Gasteiger partial charge in [-0.1, -0.05) is 29.8 Å². The van der Waals surface area contributed by atoms with Crippen molar-refractivity contribution in [3.63, 3.8) is 0 Å². The molecule has 0 aromatic heterocycles. The van der Waals surface area contributed by atoms with Crippen LogP contribution in [0.4, 0.5) is 0 Å². The van der Waals surface area contributed by atoms with Gasteiger partial charge < -0.3 is 10.4 Å². The molecule has 0 aliphatic carbocycles. The van der Waals surface area contributed by atoms with Crippen LogP contribution >= 0.6 is 23.5 Å². The van der Waals surface area contributed by atoms with E-state index in [1.54, 1.807) is 0 Å². The first kappa shape index (κ1) is 18.2. The smallest absolute Gasteiger partial charge is 0.308 e. The first-order valence-corrected chi connectivity index (χ1v) is 9.99. The normalized spacial score (nSPS) is 19.1. The number of aryl methyl sites for hydroxylation is 1. The maximum absolute atomic E-state index is 12.0. The van der Waals surface area contributed by atoms with Crippen molar-refractivity contribution in [1.82, 2.24) is 5.32 Å². The molecule has 1 fully saturated rings. The minimum absolute atomic E-state index is 0.0412. The van der Waals surface area contributed by atoms with Crippen LogP contribution in [-0.4, -0.2) is 46.0 Å². The first-order chi connectivity index (χ1) is 11.0. The molecule has 0 bridgehead atoms. The molecule has 4 nitrogen and oxygen atoms in total. The quantitative estimate of drug-likeness (QED) is 0.789. The van der Waals surface area contributed by atoms with Gasteiger partial charge in [0.05, 0.1) is 5.92 Å². The van der Waals surface area contributed by atoms with E-state index in [0.29, 0.717) is 18.1 Å². The maximum Gasteiger partial charge on any atom is 0.308 e. The average Bonchev–Trinajstić information content (AvgIpc) is 2.52. The number of carboxylic acid groups (broad SMARTS) is 1. The van der Waals surface area contributed by atoms with Crippen molar-refractivity contribution in [2.45, 2.75) is 25.0 Å². The molecule has 2 rings (SSSR count). The van der Waals surface area contributed by atoms with Gasteiger partial charge in [-0.05, 0) is 18.9 Å². The lowest BCUT2D eigenvalue weighted by atomic mass is 9.98. The van der Waals surface area contributed by atoms with Gasteiger partial charge in [0.2, 0.25) is 5.91 Å². The Morgan fingerprint density at radius 1 is 1.39 bits per heavy atom. The van der Waals surface area contributed by atoms with E-state index in [0.717, 1.165) is 28.4 Å². The second kappa shape index (κ2) is 9.23. The number of rotatable bonds is 7. The van der Waals surface area contributed by atoms with Crippen LogP contribution < -0.4 is 5.32 Å². The Morgan fingerprint density at radius 3 is 2.87 bits per heavy atom. The van der Waals surface area contributed by atoms with Gasteiger partial charge in [-0.15, -0.1) is 0 Å². The van der Waals surface area contributed by atoms with Crippen molar-refractivity contribution >= 4 is 35.4 Å². The minimum atomic E-state index is -0.866. The fourth-order valence-corrected chi connectivity index (χ4v) is 5.22. The molecule has 1 aromatic rings. The number of amides is 1. The number of aliphatic carboxylic acids is 1. The summed E-state index contributed by atoms with van der Waals surface area (Å²) in [5, 5.41) is 12.5. The monoisotopic (exact) mass is 353 g/mol. The largest absolute Gasteiger partial charge is 0.481 e. The summed E-state index contributed by atoms with van der Waals surface area (Å²) in [5.74, 6) is 1.75. The standard InChI is InChI=1S/C17H23NO3S2/c1-12-3-2-4-13(7-12)8-14(17(20)21)10-18-16(19)9-15-11-22-5-6-23-15/h2-4,7,14-15H,5-6,8-11H2,1H3,(H,18,19)(H,20,21). The van der Waals surface area contributed by atoms with Crippen LogP contribution in [0.25, 0.3) is 0 Å². The van der Waals surface area contributed by atoms with Crippen LogP contribution in [0.2, 0.25) is 0 Å². The third-order valence-corrected chi connectivity index (χ3v) is 6.60. The van der Waals surface area contributed by atoms with Crippen molar-refractivity contribution in [3.8, 4) is 0 Å². The molecule has 0 spiro atoms. The van der Waals surface area contributed by atoms with Gasteiger partial charge in [0.1, 0.15) is 0 Å². The number of hydrogen-bond acceptors (Lipinski definition) is 4. The lowest BCUT2D eigenvalue weighted by Gasteiger charge is -2.21. The summed E-state index contributed by atoms with van der Waals surface area (Å²) in [6.45, 7) is 2.17. The Balaban J connectivity index is 1.82. The summed E-state index contributed by atoms with van der Waals surface area (Å²) in [5.41, 5.74) is 2.10. The van der Waals surface area contributed by atoms with Crippen LogP contribution in [0.15, 0.2) is 24.3 Å². The molecule has 2 N–H and O–H groups in total. The Morgan fingerprint density at radius 2 is 2.22 bits per heavy atom. The molecule has 0 radical (unpaired) electrons. The SMILES string of the molecule is Cc1cccc(CC(CNC(=O)CC2CSCCS2)C(=O)O)c1. The summed E-state index contributed by atoms with van der Waals surface area (Å²) in [4.78, 5) is 23.5. The van der Waals surface area contributed by atoms with Gasteiger partial charge in [0.25, 0.3) is 0 Å². The molecule has 2 atom stereocenters. The predicted octanol–water partition coefficient (Wildman–Crippen LogP) is 2.59. The molecule has 6 heteroatoms. The molecule has 1 aliphatic rings. The molecule has 126 valence electrons. The maximum atomic E-state index is 12.0. The lowest BCUT2D eigenvalue weighted by Crippen LogP contribution is -2.35. The van der Waals surface area contributed by atoms with E-state index in [-0.39, 0.29) is 12.5 Å². The van der Waals surface area contributed by atoms with Gasteiger partial charge in [-0.3, -0.25) is 9.59 Å². The Bertz CT molecular complexity index is 544. The summed E-state index contributed by atoms with van der Waals surface area (Å²) in [6, 6.07) is 7.84. The van der Waals surface area contributed by atoms with E-state index in [2.05, 4.69) is 5.32 Å². The third kappa shape index (κ3) is 6.47. The van der Waals surface area contributed by atoms with E-state index in [9.17, 15) is 14.7 Å². The van der Waals surface area contributed by atoms with Gasteiger partial charge in [0.15, 0.2) is 0 Å². The highest BCUT2D eigenvalue weighted by molar-refractivity contribution is 8.06. The molecule has 1 aliphatic heterocycles. The van der Waals surface area contributed by atoms with E-state index in [1.165, 1.54) is 0 Å². The summed E-state index contributed by atoms with van der Waals surface area (Å²) < 4.78 is 0. The summed E-state index contributed by atoms with van der Waals surface area (Å²) in [7, 11) is 0. The van der Waals surface area contributed by atoms with Gasteiger partial charge in [-0.2, -0.15) is 23.5 Å².